The van der Waals surface area contributed by atoms with Gasteiger partial charge in [0.05, 0.1) is 31.3 Å². The summed E-state index contributed by atoms with van der Waals surface area (Å²) in [6.45, 7) is 0.407. The smallest absolute Gasteiger partial charge is 0.244 e. The van der Waals surface area contributed by atoms with Crippen molar-refractivity contribution in [1.29, 1.82) is 0 Å². The molecule has 6 nitrogen and oxygen atoms in total. The molecule has 2 heterocycles. The minimum atomic E-state index is -0.177. The molecule has 0 bridgehead atoms. The molecule has 1 N–H and O–H groups in total. The zero-order valence-electron chi connectivity index (χ0n) is 15.4. The number of aromatic nitrogens is 2. The minimum absolute atomic E-state index is 0.177. The molecule has 0 aliphatic carbocycles. The van der Waals surface area contributed by atoms with E-state index in [9.17, 15) is 4.79 Å². The Hall–Kier alpha value is -3.06. The lowest BCUT2D eigenvalue weighted by atomic mass is 10.2. The van der Waals surface area contributed by atoms with Crippen LogP contribution < -0.4 is 14.8 Å². The highest BCUT2D eigenvalue weighted by molar-refractivity contribution is 7.13. The van der Waals surface area contributed by atoms with Crippen molar-refractivity contribution in [2.75, 3.05) is 14.2 Å². The molecule has 1 aromatic carbocycles. The van der Waals surface area contributed by atoms with Gasteiger partial charge in [-0.25, -0.2) is 0 Å². The van der Waals surface area contributed by atoms with E-state index in [0.717, 1.165) is 21.8 Å². The second-order valence-corrected chi connectivity index (χ2v) is 6.74. The van der Waals surface area contributed by atoms with Gasteiger partial charge >= 0.3 is 0 Å². The summed E-state index contributed by atoms with van der Waals surface area (Å²) < 4.78 is 12.3. The predicted molar refractivity (Wildman–Crippen MR) is 107 cm³/mol. The highest BCUT2D eigenvalue weighted by atomic mass is 32.1. The summed E-state index contributed by atoms with van der Waals surface area (Å²) in [4.78, 5) is 13.2. The van der Waals surface area contributed by atoms with Crippen LogP contribution >= 0.6 is 11.3 Å². The van der Waals surface area contributed by atoms with Crippen LogP contribution in [0, 0.1) is 0 Å². The Bertz CT molecular complexity index is 946. The average molecular weight is 383 g/mol. The molecule has 3 rings (SSSR count). The van der Waals surface area contributed by atoms with Gasteiger partial charge in [-0.1, -0.05) is 12.1 Å². The van der Waals surface area contributed by atoms with Gasteiger partial charge in [0.15, 0.2) is 11.5 Å². The highest BCUT2D eigenvalue weighted by Gasteiger charge is 2.09. The summed E-state index contributed by atoms with van der Waals surface area (Å²) in [6, 6.07) is 11.5. The van der Waals surface area contributed by atoms with Gasteiger partial charge in [-0.2, -0.15) is 5.10 Å². The van der Waals surface area contributed by atoms with E-state index in [4.69, 9.17) is 9.47 Å². The number of nitrogens with zero attached hydrogens (tertiary/aromatic N) is 2. The Morgan fingerprint density at radius 3 is 2.74 bits per heavy atom. The lowest BCUT2D eigenvalue weighted by Crippen LogP contribution is -2.21. The molecular formula is C20H21N3O3S. The first-order valence-corrected chi connectivity index (χ1v) is 9.23. The molecule has 2 aromatic heterocycles. The number of hydrogen-bond acceptors (Lipinski definition) is 5. The van der Waals surface area contributed by atoms with Crippen LogP contribution in [0.4, 0.5) is 0 Å². The summed E-state index contributed by atoms with van der Waals surface area (Å²) in [7, 11) is 5.04. The zero-order valence-corrected chi connectivity index (χ0v) is 16.2. The van der Waals surface area contributed by atoms with Crippen LogP contribution in [-0.2, 0) is 18.4 Å². The molecule has 0 fully saturated rings. The standard InChI is InChI=1S/C20H21N3O3S/c1-23-15(12-16(22-23)19-5-4-10-27-19)13-21-20(24)9-7-14-6-8-17(25-2)18(11-14)26-3/h4-12H,13H2,1-3H3,(H,21,24). The molecule has 0 radical (unpaired) electrons. The van der Waals surface area contributed by atoms with Gasteiger partial charge in [0.2, 0.25) is 5.91 Å². The number of methoxy groups -OCH3 is 2. The van der Waals surface area contributed by atoms with Crippen molar-refractivity contribution < 1.29 is 14.3 Å². The van der Waals surface area contributed by atoms with E-state index in [1.807, 2.05) is 42.8 Å². The van der Waals surface area contributed by atoms with Crippen LogP contribution in [0.2, 0.25) is 0 Å². The molecule has 3 aromatic rings. The highest BCUT2D eigenvalue weighted by Crippen LogP contribution is 2.28. The van der Waals surface area contributed by atoms with Crippen molar-refractivity contribution in [3.05, 3.63) is 59.1 Å². The fourth-order valence-corrected chi connectivity index (χ4v) is 3.26. The molecule has 0 aliphatic heterocycles. The second kappa shape index (κ2) is 8.55. The maximum absolute atomic E-state index is 12.1. The number of thiophene rings is 1. The van der Waals surface area contributed by atoms with Crippen LogP contribution in [0.1, 0.15) is 11.3 Å². The quantitative estimate of drug-likeness (QED) is 0.634. The second-order valence-electron chi connectivity index (χ2n) is 5.79. The monoisotopic (exact) mass is 383 g/mol. The number of rotatable bonds is 7. The van der Waals surface area contributed by atoms with Gasteiger partial charge in [0.25, 0.3) is 0 Å². The molecule has 0 atom stereocenters. The van der Waals surface area contributed by atoms with E-state index in [1.165, 1.54) is 6.08 Å². The van der Waals surface area contributed by atoms with E-state index in [0.29, 0.717) is 18.0 Å². The zero-order chi connectivity index (χ0) is 19.2. The topological polar surface area (TPSA) is 65.4 Å². The van der Waals surface area contributed by atoms with Crippen LogP contribution in [0.5, 0.6) is 11.5 Å². The van der Waals surface area contributed by atoms with Crippen molar-refractivity contribution in [2.24, 2.45) is 7.05 Å². The number of ether oxygens (including phenoxy) is 2. The number of hydrogen-bond donors (Lipinski definition) is 1. The molecule has 0 saturated carbocycles. The normalized spacial score (nSPS) is 10.9. The fourth-order valence-electron chi connectivity index (χ4n) is 2.58. The SMILES string of the molecule is COc1ccc(C=CC(=O)NCc2cc(-c3cccs3)nn2C)cc1OC. The van der Waals surface area contributed by atoms with Gasteiger partial charge in [-0.15, -0.1) is 11.3 Å². The first kappa shape index (κ1) is 18.7. The molecule has 1 amide bonds. The third kappa shape index (κ3) is 4.57. The molecule has 7 heteroatoms. The summed E-state index contributed by atoms with van der Waals surface area (Å²) in [5.74, 6) is 1.09. The summed E-state index contributed by atoms with van der Waals surface area (Å²) in [5, 5.41) is 9.39. The molecule has 0 spiro atoms. The van der Waals surface area contributed by atoms with E-state index in [-0.39, 0.29) is 5.91 Å². The summed E-state index contributed by atoms with van der Waals surface area (Å²) in [5.41, 5.74) is 2.70. The van der Waals surface area contributed by atoms with Crippen LogP contribution in [-0.4, -0.2) is 29.9 Å². The van der Waals surface area contributed by atoms with Crippen LogP contribution in [0.3, 0.4) is 0 Å². The van der Waals surface area contributed by atoms with E-state index >= 15 is 0 Å². The Kier molecular flexibility index (Phi) is 5.93. The Labute approximate surface area is 162 Å². The van der Waals surface area contributed by atoms with Gasteiger partial charge in [0, 0.05) is 13.1 Å². The lowest BCUT2D eigenvalue weighted by Gasteiger charge is -2.07. The molecular weight excluding hydrogens is 362 g/mol. The van der Waals surface area contributed by atoms with Crippen LogP contribution in [0.15, 0.2) is 47.9 Å². The van der Waals surface area contributed by atoms with Gasteiger partial charge in [-0.3, -0.25) is 9.48 Å². The number of aryl methyl sites for hydroxylation is 1. The Morgan fingerprint density at radius 1 is 1.22 bits per heavy atom. The molecule has 27 heavy (non-hydrogen) atoms. The van der Waals surface area contributed by atoms with Crippen molar-refractivity contribution in [1.82, 2.24) is 15.1 Å². The number of carbonyl (C=O) groups is 1. The molecule has 140 valence electrons. The van der Waals surface area contributed by atoms with Gasteiger partial charge in [0.1, 0.15) is 5.69 Å². The number of carbonyl (C=O) groups excluding carboxylic acids is 1. The van der Waals surface area contributed by atoms with Crippen molar-refractivity contribution in [2.45, 2.75) is 6.54 Å². The van der Waals surface area contributed by atoms with E-state index < -0.39 is 0 Å². The maximum Gasteiger partial charge on any atom is 0.244 e. The third-order valence-electron chi connectivity index (χ3n) is 4.03. The Balaban J connectivity index is 1.61. The molecule has 0 unspecified atom stereocenters. The number of amides is 1. The molecule has 0 aliphatic rings. The summed E-state index contributed by atoms with van der Waals surface area (Å²) >= 11 is 1.64. The first-order valence-electron chi connectivity index (χ1n) is 8.35. The van der Waals surface area contributed by atoms with E-state index in [1.54, 1.807) is 42.4 Å². The minimum Gasteiger partial charge on any atom is -0.493 e. The van der Waals surface area contributed by atoms with Crippen molar-refractivity contribution in [3.8, 4) is 22.1 Å². The van der Waals surface area contributed by atoms with Crippen molar-refractivity contribution in [3.63, 3.8) is 0 Å². The number of benzene rings is 1. The van der Waals surface area contributed by atoms with Gasteiger partial charge < -0.3 is 14.8 Å². The summed E-state index contributed by atoms with van der Waals surface area (Å²) in [6.07, 6.45) is 3.23. The third-order valence-corrected chi connectivity index (χ3v) is 4.92. The average Bonchev–Trinajstić information content (AvgIpc) is 3.34. The number of nitrogens with one attached hydrogen (secondary N) is 1. The predicted octanol–water partition coefficient (Wildman–Crippen LogP) is 3.50. The fraction of sp³-hybridized carbons (Fsp3) is 0.200. The van der Waals surface area contributed by atoms with Crippen LogP contribution in [0.25, 0.3) is 16.6 Å². The lowest BCUT2D eigenvalue weighted by molar-refractivity contribution is -0.116. The maximum atomic E-state index is 12.1. The first-order chi connectivity index (χ1) is 13.1. The Morgan fingerprint density at radius 2 is 2.04 bits per heavy atom. The largest absolute Gasteiger partial charge is 0.493 e. The van der Waals surface area contributed by atoms with E-state index in [2.05, 4.69) is 10.4 Å². The van der Waals surface area contributed by atoms with Gasteiger partial charge in [-0.05, 0) is 41.3 Å². The molecule has 0 saturated heterocycles. The van der Waals surface area contributed by atoms with Crippen molar-refractivity contribution >= 4 is 23.3 Å².